The maximum Gasteiger partial charge on any atom is 0.338 e. The van der Waals surface area contributed by atoms with Crippen LogP contribution in [0.2, 0.25) is 0 Å². The fourth-order valence-corrected chi connectivity index (χ4v) is 2.51. The molecule has 0 spiro atoms. The first-order valence-corrected chi connectivity index (χ1v) is 10.3. The number of rotatable bonds is 11. The maximum absolute atomic E-state index is 12.7. The molecule has 0 aliphatic rings. The largest absolute Gasteiger partial charge is 0.462 e. The molecule has 27 heavy (non-hydrogen) atoms. The minimum atomic E-state index is -0.356. The minimum absolute atomic E-state index is 0.315. The molecule has 3 atom stereocenters. The Kier molecular flexibility index (Phi) is 10.1. The highest BCUT2D eigenvalue weighted by atomic mass is 16.5. The van der Waals surface area contributed by atoms with Gasteiger partial charge >= 0.3 is 11.9 Å². The van der Waals surface area contributed by atoms with Gasteiger partial charge in [0.25, 0.3) is 0 Å². The molecule has 4 nitrogen and oxygen atoms in total. The first-order valence-electron chi connectivity index (χ1n) is 10.3. The predicted octanol–water partition coefficient (Wildman–Crippen LogP) is 5.68. The van der Waals surface area contributed by atoms with Crippen molar-refractivity contribution in [2.75, 3.05) is 13.2 Å². The Balaban J connectivity index is 3.11. The summed E-state index contributed by atoms with van der Waals surface area (Å²) >= 11 is 0. The Morgan fingerprint density at radius 2 is 1.19 bits per heavy atom. The van der Waals surface area contributed by atoms with Crippen LogP contribution in [0, 0.1) is 17.8 Å². The molecule has 0 aliphatic heterocycles. The Labute approximate surface area is 164 Å². The predicted molar refractivity (Wildman–Crippen MR) is 109 cm³/mol. The van der Waals surface area contributed by atoms with E-state index in [0.717, 1.165) is 24.8 Å². The Bertz CT molecular complexity index is 564. The lowest BCUT2D eigenvalue weighted by atomic mass is 9.91. The zero-order valence-corrected chi connectivity index (χ0v) is 17.8. The van der Waals surface area contributed by atoms with Crippen LogP contribution in [0.1, 0.15) is 87.1 Å². The van der Waals surface area contributed by atoms with E-state index in [0.29, 0.717) is 48.5 Å². The van der Waals surface area contributed by atoms with Crippen LogP contribution >= 0.6 is 0 Å². The van der Waals surface area contributed by atoms with Crippen molar-refractivity contribution in [2.45, 2.75) is 67.2 Å². The third kappa shape index (κ3) is 7.36. The molecule has 0 bridgehead atoms. The summed E-state index contributed by atoms with van der Waals surface area (Å²) in [5.41, 5.74) is 1.71. The zero-order chi connectivity index (χ0) is 20.4. The van der Waals surface area contributed by atoms with Crippen molar-refractivity contribution in [1.29, 1.82) is 0 Å². The third-order valence-electron chi connectivity index (χ3n) is 5.26. The van der Waals surface area contributed by atoms with Crippen molar-refractivity contribution in [3.8, 4) is 0 Å². The van der Waals surface area contributed by atoms with Crippen LogP contribution in [0.25, 0.3) is 0 Å². The smallest absolute Gasteiger partial charge is 0.338 e. The number of hydrogen-bond donors (Lipinski definition) is 0. The van der Waals surface area contributed by atoms with Crippen LogP contribution in [0.15, 0.2) is 18.2 Å². The molecule has 1 rings (SSSR count). The first-order chi connectivity index (χ1) is 12.8. The van der Waals surface area contributed by atoms with Gasteiger partial charge in [-0.3, -0.25) is 0 Å². The van der Waals surface area contributed by atoms with Crippen LogP contribution in [-0.2, 0) is 15.9 Å². The Morgan fingerprint density at radius 3 is 1.56 bits per heavy atom. The van der Waals surface area contributed by atoms with E-state index < -0.39 is 0 Å². The van der Waals surface area contributed by atoms with E-state index >= 15 is 0 Å². The van der Waals surface area contributed by atoms with Crippen molar-refractivity contribution < 1.29 is 19.1 Å². The molecule has 0 saturated carbocycles. The second kappa shape index (κ2) is 11.8. The van der Waals surface area contributed by atoms with Crippen molar-refractivity contribution in [3.05, 3.63) is 34.9 Å². The molecule has 4 heteroatoms. The van der Waals surface area contributed by atoms with Crippen LogP contribution in [0.5, 0.6) is 0 Å². The van der Waals surface area contributed by atoms with E-state index in [4.69, 9.17) is 9.47 Å². The molecule has 0 amide bonds. The number of ether oxygens (including phenoxy) is 2. The SMILES string of the molecule is CCC(C)COC(=O)c1cccc(C(=O)OCC(C)CC)c1CC(C)CC. The summed E-state index contributed by atoms with van der Waals surface area (Å²) in [6.07, 6.45) is 3.53. The van der Waals surface area contributed by atoms with Crippen molar-refractivity contribution >= 4 is 11.9 Å². The Hall–Kier alpha value is -1.84. The molecule has 3 unspecified atom stereocenters. The second-order valence-electron chi connectivity index (χ2n) is 7.77. The van der Waals surface area contributed by atoms with E-state index in [-0.39, 0.29) is 11.9 Å². The second-order valence-corrected chi connectivity index (χ2v) is 7.77. The lowest BCUT2D eigenvalue weighted by molar-refractivity contribution is 0.0442. The maximum atomic E-state index is 12.7. The molecule has 0 N–H and O–H groups in total. The van der Waals surface area contributed by atoms with Gasteiger partial charge in [-0.05, 0) is 41.9 Å². The van der Waals surface area contributed by atoms with Crippen molar-refractivity contribution in [2.24, 2.45) is 17.8 Å². The average molecular weight is 377 g/mol. The molecule has 0 fully saturated rings. The molecule has 1 aromatic carbocycles. The number of benzene rings is 1. The monoisotopic (exact) mass is 376 g/mol. The lowest BCUT2D eigenvalue weighted by Crippen LogP contribution is -2.19. The molecule has 0 heterocycles. The van der Waals surface area contributed by atoms with Gasteiger partial charge in [0, 0.05) is 0 Å². The van der Waals surface area contributed by atoms with E-state index in [1.165, 1.54) is 0 Å². The van der Waals surface area contributed by atoms with Crippen LogP contribution < -0.4 is 0 Å². The van der Waals surface area contributed by atoms with Crippen LogP contribution in [0.3, 0.4) is 0 Å². The quantitative estimate of drug-likeness (QED) is 0.466. The van der Waals surface area contributed by atoms with Crippen LogP contribution in [0.4, 0.5) is 0 Å². The molecule has 0 saturated heterocycles. The highest BCUT2D eigenvalue weighted by Gasteiger charge is 2.22. The van der Waals surface area contributed by atoms with E-state index in [1.54, 1.807) is 18.2 Å². The van der Waals surface area contributed by atoms with Gasteiger partial charge in [0.2, 0.25) is 0 Å². The van der Waals surface area contributed by atoms with E-state index in [2.05, 4.69) is 41.5 Å². The molecular formula is C23H36O4. The van der Waals surface area contributed by atoms with Gasteiger partial charge in [-0.25, -0.2) is 9.59 Å². The molecule has 0 aromatic heterocycles. The van der Waals surface area contributed by atoms with Gasteiger partial charge in [0.15, 0.2) is 0 Å². The van der Waals surface area contributed by atoms with Gasteiger partial charge in [0.1, 0.15) is 0 Å². The molecular weight excluding hydrogens is 340 g/mol. The normalized spacial score (nSPS) is 14.3. The third-order valence-corrected chi connectivity index (χ3v) is 5.26. The summed E-state index contributed by atoms with van der Waals surface area (Å²) in [7, 11) is 0. The summed E-state index contributed by atoms with van der Waals surface area (Å²) < 4.78 is 11.0. The summed E-state index contributed by atoms with van der Waals surface area (Å²) in [5, 5.41) is 0. The van der Waals surface area contributed by atoms with Crippen molar-refractivity contribution in [3.63, 3.8) is 0 Å². The van der Waals surface area contributed by atoms with Gasteiger partial charge in [-0.2, -0.15) is 0 Å². The highest BCUT2D eigenvalue weighted by molar-refractivity contribution is 5.98. The first kappa shape index (κ1) is 23.2. The van der Waals surface area contributed by atoms with Gasteiger partial charge in [-0.1, -0.05) is 66.9 Å². The molecule has 0 radical (unpaired) electrons. The summed E-state index contributed by atoms with van der Waals surface area (Å²) in [4.78, 5) is 25.3. The van der Waals surface area contributed by atoms with Crippen LogP contribution in [-0.4, -0.2) is 25.2 Å². The summed E-state index contributed by atoms with van der Waals surface area (Å²) in [6, 6.07) is 5.24. The van der Waals surface area contributed by atoms with E-state index in [9.17, 15) is 9.59 Å². The molecule has 0 aliphatic carbocycles. The van der Waals surface area contributed by atoms with Gasteiger partial charge in [-0.15, -0.1) is 0 Å². The number of carbonyl (C=O) groups excluding carboxylic acids is 2. The fourth-order valence-electron chi connectivity index (χ4n) is 2.51. The number of esters is 2. The molecule has 152 valence electrons. The standard InChI is InChI=1S/C23H36O4/c1-7-16(4)13-21-19(22(24)26-14-17(5)8-2)11-10-12-20(21)23(25)27-15-18(6)9-3/h10-12,16-18H,7-9,13-15H2,1-6H3. The van der Waals surface area contributed by atoms with Gasteiger partial charge < -0.3 is 9.47 Å². The number of hydrogen-bond acceptors (Lipinski definition) is 4. The molecule has 1 aromatic rings. The zero-order valence-electron chi connectivity index (χ0n) is 17.8. The van der Waals surface area contributed by atoms with Gasteiger partial charge in [0.05, 0.1) is 24.3 Å². The van der Waals surface area contributed by atoms with Crippen molar-refractivity contribution in [1.82, 2.24) is 0 Å². The number of carbonyl (C=O) groups is 2. The summed E-state index contributed by atoms with van der Waals surface area (Å²) in [5.74, 6) is 0.274. The summed E-state index contributed by atoms with van der Waals surface area (Å²) in [6.45, 7) is 13.3. The van der Waals surface area contributed by atoms with E-state index in [1.807, 2.05) is 0 Å². The average Bonchev–Trinajstić information content (AvgIpc) is 2.69. The topological polar surface area (TPSA) is 52.6 Å². The fraction of sp³-hybridized carbons (Fsp3) is 0.652. The minimum Gasteiger partial charge on any atom is -0.462 e. The highest BCUT2D eigenvalue weighted by Crippen LogP contribution is 2.23. The Morgan fingerprint density at radius 1 is 0.778 bits per heavy atom. The lowest BCUT2D eigenvalue weighted by Gasteiger charge is -2.18.